The molecule has 4 heteroatoms. The van der Waals surface area contributed by atoms with Crippen molar-refractivity contribution in [2.24, 2.45) is 5.73 Å². The van der Waals surface area contributed by atoms with Gasteiger partial charge in [-0.15, -0.1) is 0 Å². The van der Waals surface area contributed by atoms with Crippen molar-refractivity contribution in [1.82, 2.24) is 0 Å². The maximum atomic E-state index is 10.4. The van der Waals surface area contributed by atoms with Gasteiger partial charge < -0.3 is 0 Å². The number of carboxylic acid groups (broad SMARTS) is 1. The summed E-state index contributed by atoms with van der Waals surface area (Å²) in [6, 6.07) is 0. The molecule has 3 nitrogen and oxygen atoms in total. The van der Waals surface area contributed by atoms with Crippen molar-refractivity contribution >= 4 is 20.9 Å². The minimum atomic E-state index is -1.10. The van der Waals surface area contributed by atoms with Gasteiger partial charge in [-0.1, -0.05) is 0 Å². The fraction of sp³-hybridized carbons (Fsp3) is 0.571. The van der Waals surface area contributed by atoms with Crippen LogP contribution in [0.4, 0.5) is 0 Å². The molecule has 62 valence electrons. The van der Waals surface area contributed by atoms with Gasteiger partial charge >= 0.3 is 72.0 Å². The van der Waals surface area contributed by atoms with Crippen LogP contribution >= 0.6 is 0 Å². The fourth-order valence-electron chi connectivity index (χ4n) is 0.384. The van der Waals surface area contributed by atoms with Crippen molar-refractivity contribution < 1.29 is 9.90 Å². The standard InChI is InChI=1S/C7H11NO2Se/c1-3-4-11-5-7(2,8)6(9)10/h1H,4-5,8H2,2H3,(H,9,10)/t7-/m0/s1. The van der Waals surface area contributed by atoms with Crippen LogP contribution in [0, 0.1) is 12.3 Å². The Labute approximate surface area is 72.5 Å². The van der Waals surface area contributed by atoms with E-state index >= 15 is 0 Å². The molecule has 11 heavy (non-hydrogen) atoms. The summed E-state index contributed by atoms with van der Waals surface area (Å²) in [6.45, 7) is 1.51. The first-order valence-corrected chi connectivity index (χ1v) is 5.46. The summed E-state index contributed by atoms with van der Waals surface area (Å²) in [7, 11) is 0. The van der Waals surface area contributed by atoms with Gasteiger partial charge in [0.15, 0.2) is 0 Å². The summed E-state index contributed by atoms with van der Waals surface area (Å²) < 4.78 is 0. The molecule has 0 aliphatic heterocycles. The molecule has 1 atom stereocenters. The van der Waals surface area contributed by atoms with Crippen LogP contribution in [-0.2, 0) is 4.79 Å². The number of rotatable bonds is 4. The summed E-state index contributed by atoms with van der Waals surface area (Å²) >= 11 is 0.149. The molecule has 0 radical (unpaired) electrons. The second kappa shape index (κ2) is 4.40. The third-order valence-corrected chi connectivity index (χ3v) is 3.54. The van der Waals surface area contributed by atoms with Gasteiger partial charge in [-0.3, -0.25) is 0 Å². The van der Waals surface area contributed by atoms with Crippen molar-refractivity contribution in [3.63, 3.8) is 0 Å². The first-order valence-electron chi connectivity index (χ1n) is 3.04. The number of hydrogen-bond donors (Lipinski definition) is 2. The van der Waals surface area contributed by atoms with E-state index in [2.05, 4.69) is 5.92 Å². The van der Waals surface area contributed by atoms with E-state index in [-0.39, 0.29) is 15.0 Å². The van der Waals surface area contributed by atoms with Gasteiger partial charge in [0.25, 0.3) is 0 Å². The normalized spacial score (nSPS) is 15.0. The number of carboxylic acids is 1. The molecule has 0 spiro atoms. The Hall–Kier alpha value is -0.491. The molecule has 0 aliphatic carbocycles. The van der Waals surface area contributed by atoms with Crippen LogP contribution < -0.4 is 5.73 Å². The van der Waals surface area contributed by atoms with Gasteiger partial charge in [0.2, 0.25) is 0 Å². The van der Waals surface area contributed by atoms with E-state index in [9.17, 15) is 4.79 Å². The summed E-state index contributed by atoms with van der Waals surface area (Å²) in [5, 5.41) is 9.71. The molecule has 0 unspecified atom stereocenters. The van der Waals surface area contributed by atoms with Crippen molar-refractivity contribution in [2.45, 2.75) is 23.1 Å². The Morgan fingerprint density at radius 1 is 1.91 bits per heavy atom. The molecule has 0 aromatic rings. The third kappa shape index (κ3) is 4.05. The first kappa shape index (κ1) is 10.5. The monoisotopic (exact) mass is 221 g/mol. The molecule has 0 heterocycles. The zero-order chi connectivity index (χ0) is 8.91. The summed E-state index contributed by atoms with van der Waals surface area (Å²) in [6.07, 6.45) is 5.01. The van der Waals surface area contributed by atoms with Crippen molar-refractivity contribution in [1.29, 1.82) is 0 Å². The molecule has 0 aliphatic rings. The van der Waals surface area contributed by atoms with Crippen LogP contribution in [0.2, 0.25) is 10.6 Å². The van der Waals surface area contributed by atoms with Gasteiger partial charge in [0.1, 0.15) is 0 Å². The van der Waals surface area contributed by atoms with Crippen molar-refractivity contribution in [3.8, 4) is 12.3 Å². The topological polar surface area (TPSA) is 63.3 Å². The summed E-state index contributed by atoms with van der Waals surface area (Å²) in [5.41, 5.74) is 4.35. The average Bonchev–Trinajstić information content (AvgIpc) is 1.88. The van der Waals surface area contributed by atoms with E-state index in [1.165, 1.54) is 6.92 Å². The molecular weight excluding hydrogens is 209 g/mol. The predicted octanol–water partition coefficient (Wildman–Crippen LogP) is -0.0376. The molecule has 0 aromatic carbocycles. The van der Waals surface area contributed by atoms with Gasteiger partial charge in [-0.05, 0) is 0 Å². The quantitative estimate of drug-likeness (QED) is 0.397. The van der Waals surface area contributed by atoms with Gasteiger partial charge in [-0.2, -0.15) is 0 Å². The second-order valence-electron chi connectivity index (χ2n) is 2.42. The van der Waals surface area contributed by atoms with Crippen LogP contribution in [-0.4, -0.2) is 31.6 Å². The second-order valence-corrected chi connectivity index (χ2v) is 4.49. The number of terminal acetylenes is 1. The first-order chi connectivity index (χ1) is 5.00. The van der Waals surface area contributed by atoms with E-state index < -0.39 is 11.5 Å². The maximum absolute atomic E-state index is 10.4. The van der Waals surface area contributed by atoms with Gasteiger partial charge in [0.05, 0.1) is 0 Å². The molecule has 0 fully saturated rings. The summed E-state index contributed by atoms with van der Waals surface area (Å²) in [4.78, 5) is 10.4. The Bertz CT molecular complexity index is 183. The van der Waals surface area contributed by atoms with E-state index in [1.807, 2.05) is 0 Å². The number of aliphatic carboxylic acids is 1. The zero-order valence-electron chi connectivity index (χ0n) is 6.33. The molecule has 0 rings (SSSR count). The van der Waals surface area contributed by atoms with Gasteiger partial charge in [-0.25, -0.2) is 0 Å². The fourth-order valence-corrected chi connectivity index (χ4v) is 1.99. The minimum absolute atomic E-state index is 0.149. The van der Waals surface area contributed by atoms with Crippen molar-refractivity contribution in [3.05, 3.63) is 0 Å². The van der Waals surface area contributed by atoms with Gasteiger partial charge in [0, 0.05) is 0 Å². The third-order valence-electron chi connectivity index (χ3n) is 1.08. The van der Waals surface area contributed by atoms with E-state index in [4.69, 9.17) is 17.3 Å². The molecule has 0 aromatic heterocycles. The Morgan fingerprint density at radius 3 is 2.82 bits per heavy atom. The predicted molar refractivity (Wildman–Crippen MR) is 44.4 cm³/mol. The zero-order valence-corrected chi connectivity index (χ0v) is 8.05. The molecule has 3 N–H and O–H groups in total. The molecule has 0 saturated heterocycles. The summed E-state index contributed by atoms with van der Waals surface area (Å²) in [5.74, 6) is 1.50. The van der Waals surface area contributed by atoms with E-state index in [0.717, 1.165) is 0 Å². The van der Waals surface area contributed by atoms with Crippen molar-refractivity contribution in [2.75, 3.05) is 0 Å². The molecule has 0 bridgehead atoms. The van der Waals surface area contributed by atoms with E-state index in [0.29, 0.717) is 10.6 Å². The van der Waals surface area contributed by atoms with Crippen LogP contribution in [0.3, 0.4) is 0 Å². The average molecular weight is 220 g/mol. The Balaban J connectivity index is 3.75. The van der Waals surface area contributed by atoms with Crippen LogP contribution in [0.5, 0.6) is 0 Å². The van der Waals surface area contributed by atoms with Crippen LogP contribution in [0.25, 0.3) is 0 Å². The van der Waals surface area contributed by atoms with Crippen LogP contribution in [0.1, 0.15) is 6.92 Å². The van der Waals surface area contributed by atoms with E-state index in [1.54, 1.807) is 0 Å². The Morgan fingerprint density at radius 2 is 2.45 bits per heavy atom. The number of nitrogens with two attached hydrogens (primary N) is 1. The molecule has 0 saturated carbocycles. The van der Waals surface area contributed by atoms with Crippen LogP contribution in [0.15, 0.2) is 0 Å². The molecule has 0 amide bonds. The number of hydrogen-bond acceptors (Lipinski definition) is 2. The SMILES string of the molecule is C#CC[Se]C[C@](C)(N)C(=O)O. The number of carbonyl (C=O) groups is 1. The molecular formula is C7H11NO2Se. The Kier molecular flexibility index (Phi) is 4.20.